The first-order valence-corrected chi connectivity index (χ1v) is 15.6. The molecule has 9 nitrogen and oxygen atoms in total. The second-order valence-electron chi connectivity index (χ2n) is 14.1. The fourth-order valence-electron chi connectivity index (χ4n) is 9.90. The van der Waals surface area contributed by atoms with Gasteiger partial charge in [-0.1, -0.05) is 20.8 Å². The van der Waals surface area contributed by atoms with Crippen molar-refractivity contribution < 1.29 is 34.8 Å². The van der Waals surface area contributed by atoms with Crippen LogP contribution in [0.4, 0.5) is 0 Å². The lowest BCUT2D eigenvalue weighted by Crippen LogP contribution is -2.64. The average Bonchev–Trinajstić information content (AvgIpc) is 3.25. The summed E-state index contributed by atoms with van der Waals surface area (Å²) in [5.74, 6) is 0.0733. The van der Waals surface area contributed by atoms with Crippen LogP contribution >= 0.6 is 0 Å². The topological polar surface area (TPSA) is 156 Å². The molecule has 0 aliphatic heterocycles. The highest BCUT2D eigenvalue weighted by atomic mass is 16.4. The Morgan fingerprint density at radius 3 is 2.25 bits per heavy atom. The highest BCUT2D eigenvalue weighted by Crippen LogP contribution is 2.68. The Balaban J connectivity index is 1.31. The fraction of sp³-hybridized carbons (Fsp3) is 0.903. The summed E-state index contributed by atoms with van der Waals surface area (Å²) in [5, 5.41) is 47.5. The smallest absolute Gasteiger partial charge is 0.326 e. The van der Waals surface area contributed by atoms with Crippen molar-refractivity contribution in [3.05, 3.63) is 0 Å². The van der Waals surface area contributed by atoms with Gasteiger partial charge in [-0.2, -0.15) is 0 Å². The van der Waals surface area contributed by atoms with Crippen LogP contribution < -0.4 is 10.6 Å². The number of carbonyl (C=O) groups is 3. The highest BCUT2D eigenvalue weighted by Gasteiger charge is 2.65. The van der Waals surface area contributed by atoms with E-state index >= 15 is 0 Å². The molecule has 4 rings (SSSR count). The zero-order valence-electron chi connectivity index (χ0n) is 24.8. The van der Waals surface area contributed by atoms with E-state index in [0.29, 0.717) is 49.5 Å². The number of aliphatic hydroxyl groups excluding tert-OH is 3. The Bertz CT molecular complexity index is 945. The summed E-state index contributed by atoms with van der Waals surface area (Å²) in [6.45, 7) is 8.59. The number of carbonyl (C=O) groups excluding carboxylic acids is 2. The van der Waals surface area contributed by atoms with Crippen LogP contribution in [0.25, 0.3) is 0 Å². The van der Waals surface area contributed by atoms with Gasteiger partial charge in [0.25, 0.3) is 0 Å². The van der Waals surface area contributed by atoms with Gasteiger partial charge in [-0.15, -0.1) is 0 Å². The SMILES string of the molecule is CC(=O)N[C@@H](CCCNC(=O)CC[C@@H](C)[C@H]1CC[C@H]2[C@@H]3[C@@H](O)[C@@H](O)[C@@H]4C[C@H](O)CC[C@]4(C)[C@H]3CC[C@]12C)C(=O)O. The number of hydrogen-bond acceptors (Lipinski definition) is 6. The first kappa shape index (κ1) is 31.2. The van der Waals surface area contributed by atoms with Gasteiger partial charge in [0.15, 0.2) is 0 Å². The molecular weight excluding hydrogens is 512 g/mol. The minimum Gasteiger partial charge on any atom is -0.480 e. The minimum absolute atomic E-state index is 0.0362. The van der Waals surface area contributed by atoms with Crippen LogP contribution in [0.5, 0.6) is 0 Å². The summed E-state index contributed by atoms with van der Waals surface area (Å²) in [6, 6.07) is -0.942. The monoisotopic (exact) mass is 564 g/mol. The maximum Gasteiger partial charge on any atom is 0.326 e. The summed E-state index contributed by atoms with van der Waals surface area (Å²) >= 11 is 0. The molecule has 0 bridgehead atoms. The van der Waals surface area contributed by atoms with Crippen LogP contribution in [0.2, 0.25) is 0 Å². The third-order valence-electron chi connectivity index (χ3n) is 12.0. The van der Waals surface area contributed by atoms with Crippen molar-refractivity contribution in [2.24, 2.45) is 46.3 Å². The first-order chi connectivity index (χ1) is 18.8. The molecule has 0 spiro atoms. The molecule has 6 N–H and O–H groups in total. The number of hydrogen-bond donors (Lipinski definition) is 6. The molecule has 0 heterocycles. The molecule has 0 aromatic carbocycles. The van der Waals surface area contributed by atoms with E-state index in [2.05, 4.69) is 31.4 Å². The standard InChI is InChI=1S/C31H52N2O7/c1-17(7-10-25(36)32-15-5-6-24(29(39)40)33-18(2)34)20-8-9-21-26-22(12-14-30(20,21)3)31(4)13-11-19(35)16-23(31)27(37)28(26)38/h17,19-24,26-28,35,37-38H,5-16H2,1-4H3,(H,32,36)(H,33,34)(H,39,40)/t17-,19-,20-,21+,22+,23+,24+,26+,27+,28-,30-,31-/m1/s1. The molecule has 0 aromatic rings. The van der Waals surface area contributed by atoms with Gasteiger partial charge in [0.05, 0.1) is 18.3 Å². The zero-order chi connectivity index (χ0) is 29.4. The molecule has 4 aliphatic carbocycles. The molecule has 4 fully saturated rings. The number of nitrogens with one attached hydrogen (secondary N) is 2. The Kier molecular flexibility index (Phi) is 9.57. The predicted octanol–water partition coefficient (Wildman–Crippen LogP) is 2.85. The molecular formula is C31H52N2O7. The zero-order valence-corrected chi connectivity index (χ0v) is 24.8. The van der Waals surface area contributed by atoms with Crippen molar-refractivity contribution in [3.63, 3.8) is 0 Å². The maximum atomic E-state index is 12.6. The van der Waals surface area contributed by atoms with Crippen LogP contribution in [0.3, 0.4) is 0 Å². The molecule has 40 heavy (non-hydrogen) atoms. The van der Waals surface area contributed by atoms with Gasteiger partial charge >= 0.3 is 5.97 Å². The summed E-state index contributed by atoms with van der Waals surface area (Å²) in [4.78, 5) is 35.0. The first-order valence-electron chi connectivity index (χ1n) is 15.6. The van der Waals surface area contributed by atoms with Crippen molar-refractivity contribution in [2.75, 3.05) is 6.54 Å². The van der Waals surface area contributed by atoms with E-state index in [-0.39, 0.29) is 47.0 Å². The number of carboxylic acid groups (broad SMARTS) is 1. The largest absolute Gasteiger partial charge is 0.480 e. The Hall–Kier alpha value is -1.71. The highest BCUT2D eigenvalue weighted by molar-refractivity contribution is 5.82. The Morgan fingerprint density at radius 1 is 0.900 bits per heavy atom. The Morgan fingerprint density at radius 2 is 1.57 bits per heavy atom. The van der Waals surface area contributed by atoms with E-state index < -0.39 is 24.2 Å². The van der Waals surface area contributed by atoms with E-state index in [0.717, 1.165) is 44.9 Å². The van der Waals surface area contributed by atoms with Crippen LogP contribution in [0, 0.1) is 46.3 Å². The van der Waals surface area contributed by atoms with Crippen molar-refractivity contribution in [1.29, 1.82) is 0 Å². The molecule has 0 aromatic heterocycles. The van der Waals surface area contributed by atoms with E-state index in [1.807, 2.05) is 0 Å². The second kappa shape index (κ2) is 12.3. The van der Waals surface area contributed by atoms with E-state index in [1.165, 1.54) is 6.92 Å². The molecule has 4 aliphatic rings. The molecule has 0 saturated heterocycles. The van der Waals surface area contributed by atoms with Crippen molar-refractivity contribution in [1.82, 2.24) is 10.6 Å². The van der Waals surface area contributed by atoms with Crippen LogP contribution in [0.15, 0.2) is 0 Å². The quantitative estimate of drug-likeness (QED) is 0.223. The van der Waals surface area contributed by atoms with E-state index in [4.69, 9.17) is 0 Å². The van der Waals surface area contributed by atoms with Crippen molar-refractivity contribution in [2.45, 2.75) is 123 Å². The molecule has 0 unspecified atom stereocenters. The number of amides is 2. The molecule has 2 amide bonds. The third kappa shape index (κ3) is 5.93. The third-order valence-corrected chi connectivity index (χ3v) is 12.0. The van der Waals surface area contributed by atoms with Crippen molar-refractivity contribution >= 4 is 17.8 Å². The summed E-state index contributed by atoms with van der Waals surface area (Å²) in [5.41, 5.74) is 0.0307. The maximum absolute atomic E-state index is 12.6. The number of aliphatic carboxylic acids is 1. The minimum atomic E-state index is -1.07. The van der Waals surface area contributed by atoms with Gasteiger partial charge in [0.2, 0.25) is 11.8 Å². The summed E-state index contributed by atoms with van der Waals surface area (Å²) in [7, 11) is 0. The second-order valence-corrected chi connectivity index (χ2v) is 14.1. The van der Waals surface area contributed by atoms with Gasteiger partial charge in [0, 0.05) is 19.9 Å². The molecule has 228 valence electrons. The van der Waals surface area contributed by atoms with Crippen LogP contribution in [-0.4, -0.2) is 69.1 Å². The van der Waals surface area contributed by atoms with E-state index in [1.54, 1.807) is 0 Å². The number of rotatable bonds is 10. The summed E-state index contributed by atoms with van der Waals surface area (Å²) < 4.78 is 0. The van der Waals surface area contributed by atoms with Gasteiger partial charge in [-0.3, -0.25) is 9.59 Å². The Labute approximate surface area is 238 Å². The molecule has 4 saturated carbocycles. The molecule has 0 radical (unpaired) electrons. The number of fused-ring (bicyclic) bond motifs is 5. The van der Waals surface area contributed by atoms with Gasteiger partial charge in [-0.25, -0.2) is 4.79 Å². The fourth-order valence-corrected chi connectivity index (χ4v) is 9.90. The summed E-state index contributed by atoms with van der Waals surface area (Å²) in [6.07, 6.45) is 6.55. The normalized spacial score (nSPS) is 42.1. The lowest BCUT2D eigenvalue weighted by atomic mass is 9.43. The lowest BCUT2D eigenvalue weighted by Gasteiger charge is -2.63. The van der Waals surface area contributed by atoms with Gasteiger partial charge in [-0.05, 0) is 111 Å². The van der Waals surface area contributed by atoms with Crippen LogP contribution in [-0.2, 0) is 14.4 Å². The van der Waals surface area contributed by atoms with Crippen molar-refractivity contribution in [3.8, 4) is 0 Å². The van der Waals surface area contributed by atoms with E-state index in [9.17, 15) is 34.8 Å². The van der Waals surface area contributed by atoms with Gasteiger partial charge < -0.3 is 31.1 Å². The number of aliphatic hydroxyl groups is 3. The molecule has 9 heteroatoms. The predicted molar refractivity (Wildman–Crippen MR) is 150 cm³/mol. The van der Waals surface area contributed by atoms with Gasteiger partial charge in [0.1, 0.15) is 6.04 Å². The number of carboxylic acids is 1. The average molecular weight is 565 g/mol. The van der Waals surface area contributed by atoms with Crippen LogP contribution in [0.1, 0.15) is 98.3 Å². The molecule has 12 atom stereocenters. The lowest BCUT2D eigenvalue weighted by molar-refractivity contribution is -0.223.